The van der Waals surface area contributed by atoms with Crippen molar-refractivity contribution in [1.29, 1.82) is 0 Å². The molecule has 0 spiro atoms. The van der Waals surface area contributed by atoms with Gasteiger partial charge in [-0.05, 0) is 72.5 Å². The van der Waals surface area contributed by atoms with Crippen LogP contribution < -0.4 is 4.74 Å². The number of nitrogens with zero attached hydrogens (tertiary/aromatic N) is 3. The number of hydrogen-bond donors (Lipinski definition) is 1. The lowest BCUT2D eigenvalue weighted by Gasteiger charge is -2.15. The summed E-state index contributed by atoms with van der Waals surface area (Å²) in [5, 5.41) is 13.8. The minimum atomic E-state index is -0.935. The number of hydrogen-bond acceptors (Lipinski definition) is 4. The molecule has 0 aliphatic heterocycles. The van der Waals surface area contributed by atoms with E-state index in [0.29, 0.717) is 31.7 Å². The third kappa shape index (κ3) is 5.12. The van der Waals surface area contributed by atoms with Crippen molar-refractivity contribution >= 4 is 27.6 Å². The van der Waals surface area contributed by atoms with Crippen molar-refractivity contribution in [2.24, 2.45) is 0 Å². The van der Waals surface area contributed by atoms with Gasteiger partial charge in [-0.15, -0.1) is 0 Å². The normalized spacial score (nSPS) is 11.3. The van der Waals surface area contributed by atoms with Crippen LogP contribution in [0.3, 0.4) is 0 Å². The van der Waals surface area contributed by atoms with Crippen molar-refractivity contribution < 1.29 is 14.6 Å². The van der Waals surface area contributed by atoms with Crippen LogP contribution in [0.4, 0.5) is 0 Å². The van der Waals surface area contributed by atoms with Gasteiger partial charge in [0.15, 0.2) is 0 Å². The number of aromatic carboxylic acids is 1. The predicted octanol–water partition coefficient (Wildman–Crippen LogP) is 7.88. The van der Waals surface area contributed by atoms with E-state index < -0.39 is 5.97 Å². The zero-order chi connectivity index (χ0) is 29.1. The first kappa shape index (κ1) is 27.2. The quantitative estimate of drug-likeness (QED) is 0.174. The number of benzene rings is 3. The fraction of sp³-hybridized carbons (Fsp3) is 0.194. The van der Waals surface area contributed by atoms with Crippen LogP contribution in [0.15, 0.2) is 97.5 Å². The molecule has 3 heterocycles. The van der Waals surface area contributed by atoms with Crippen LogP contribution in [0.2, 0.25) is 0 Å². The minimum Gasteiger partial charge on any atom is -0.493 e. The van der Waals surface area contributed by atoms with E-state index in [1.54, 1.807) is 12.4 Å². The van der Waals surface area contributed by atoms with E-state index in [9.17, 15) is 9.90 Å². The second-order valence-electron chi connectivity index (χ2n) is 10.5. The largest absolute Gasteiger partial charge is 0.493 e. The molecule has 6 rings (SSSR count). The van der Waals surface area contributed by atoms with E-state index in [0.717, 1.165) is 67.4 Å². The molecule has 1 N–H and O–H groups in total. The van der Waals surface area contributed by atoms with Gasteiger partial charge in [-0.2, -0.15) is 0 Å². The highest BCUT2D eigenvalue weighted by atomic mass is 16.5. The number of aromatic nitrogens is 3. The molecule has 0 amide bonds. The predicted molar refractivity (Wildman–Crippen MR) is 167 cm³/mol. The van der Waals surface area contributed by atoms with E-state index in [1.165, 1.54) is 0 Å². The van der Waals surface area contributed by atoms with E-state index in [4.69, 9.17) is 4.74 Å². The van der Waals surface area contributed by atoms with Crippen LogP contribution in [0.5, 0.6) is 5.75 Å². The molecule has 0 bridgehead atoms. The number of carboxylic acid groups (broad SMARTS) is 1. The van der Waals surface area contributed by atoms with Crippen molar-refractivity contribution in [2.45, 2.75) is 39.7 Å². The summed E-state index contributed by atoms with van der Waals surface area (Å²) in [4.78, 5) is 21.8. The minimum absolute atomic E-state index is 0.319. The SMILES string of the molecule is CCc1nccc(C)c1-c1cccc2c(CCCOc3cccc4ccccc34)c(C(=O)O)n(Cc3ccncc3)c12. The second kappa shape index (κ2) is 11.9. The molecular weight excluding hydrogens is 522 g/mol. The molecular formula is C36H33N3O3. The summed E-state index contributed by atoms with van der Waals surface area (Å²) in [5.74, 6) is -0.0945. The Morgan fingerprint density at radius 1 is 0.905 bits per heavy atom. The lowest BCUT2D eigenvalue weighted by Crippen LogP contribution is -2.12. The van der Waals surface area contributed by atoms with Gasteiger partial charge in [0.2, 0.25) is 0 Å². The Bertz CT molecular complexity index is 1890. The summed E-state index contributed by atoms with van der Waals surface area (Å²) < 4.78 is 8.19. The highest BCUT2D eigenvalue weighted by Crippen LogP contribution is 2.38. The summed E-state index contributed by atoms with van der Waals surface area (Å²) in [5.41, 5.74) is 7.25. The average Bonchev–Trinajstić information content (AvgIpc) is 3.33. The van der Waals surface area contributed by atoms with Crippen LogP contribution in [0.1, 0.15) is 46.2 Å². The number of carbonyl (C=O) groups is 1. The smallest absolute Gasteiger partial charge is 0.352 e. The average molecular weight is 556 g/mol. The van der Waals surface area contributed by atoms with Crippen molar-refractivity contribution in [3.05, 3.63) is 126 Å². The second-order valence-corrected chi connectivity index (χ2v) is 10.5. The first-order valence-corrected chi connectivity index (χ1v) is 14.4. The van der Waals surface area contributed by atoms with Gasteiger partial charge in [-0.1, -0.05) is 61.5 Å². The van der Waals surface area contributed by atoms with Gasteiger partial charge in [0, 0.05) is 52.7 Å². The van der Waals surface area contributed by atoms with Crippen molar-refractivity contribution in [1.82, 2.24) is 14.5 Å². The van der Waals surface area contributed by atoms with Crippen LogP contribution in [-0.2, 0) is 19.4 Å². The third-order valence-corrected chi connectivity index (χ3v) is 7.90. The summed E-state index contributed by atoms with van der Waals surface area (Å²) >= 11 is 0. The Labute approximate surface area is 245 Å². The maximum Gasteiger partial charge on any atom is 0.352 e. The van der Waals surface area contributed by atoms with Gasteiger partial charge in [0.25, 0.3) is 0 Å². The Hall–Kier alpha value is -4.97. The molecule has 0 saturated heterocycles. The molecule has 0 aliphatic rings. The topological polar surface area (TPSA) is 77.2 Å². The Morgan fingerprint density at radius 3 is 2.48 bits per heavy atom. The lowest BCUT2D eigenvalue weighted by atomic mass is 9.95. The maximum absolute atomic E-state index is 13.0. The van der Waals surface area contributed by atoms with Gasteiger partial charge in [0.1, 0.15) is 11.4 Å². The fourth-order valence-corrected chi connectivity index (χ4v) is 6.01. The van der Waals surface area contributed by atoms with Crippen LogP contribution in [-0.4, -0.2) is 32.2 Å². The monoisotopic (exact) mass is 555 g/mol. The van der Waals surface area contributed by atoms with Crippen LogP contribution in [0.25, 0.3) is 32.8 Å². The Balaban J connectivity index is 1.44. The van der Waals surface area contributed by atoms with Crippen molar-refractivity contribution in [3.63, 3.8) is 0 Å². The number of aryl methyl sites for hydroxylation is 3. The molecule has 3 aromatic carbocycles. The van der Waals surface area contributed by atoms with E-state index in [-0.39, 0.29) is 0 Å². The first-order valence-electron chi connectivity index (χ1n) is 14.4. The number of pyridine rings is 2. The highest BCUT2D eigenvalue weighted by Gasteiger charge is 2.25. The summed E-state index contributed by atoms with van der Waals surface area (Å²) in [6.07, 6.45) is 7.36. The van der Waals surface area contributed by atoms with E-state index in [2.05, 4.69) is 48.1 Å². The Morgan fingerprint density at radius 2 is 1.67 bits per heavy atom. The molecule has 6 heteroatoms. The molecule has 0 atom stereocenters. The number of para-hydroxylation sites is 1. The number of ether oxygens (including phenoxy) is 1. The summed E-state index contributed by atoms with van der Waals surface area (Å²) in [7, 11) is 0. The van der Waals surface area contributed by atoms with Crippen LogP contribution in [0, 0.1) is 6.92 Å². The van der Waals surface area contributed by atoms with Crippen molar-refractivity contribution in [3.8, 4) is 16.9 Å². The zero-order valence-electron chi connectivity index (χ0n) is 23.9. The van der Waals surface area contributed by atoms with Gasteiger partial charge in [-0.25, -0.2) is 4.79 Å². The molecule has 0 saturated carbocycles. The maximum atomic E-state index is 13.0. The molecule has 0 fully saturated rings. The van der Waals surface area contributed by atoms with Gasteiger partial charge >= 0.3 is 5.97 Å². The molecule has 6 nitrogen and oxygen atoms in total. The third-order valence-electron chi connectivity index (χ3n) is 7.90. The van der Waals surface area contributed by atoms with Gasteiger partial charge in [0.05, 0.1) is 12.1 Å². The molecule has 6 aromatic rings. The van der Waals surface area contributed by atoms with E-state index in [1.807, 2.05) is 65.4 Å². The molecule has 210 valence electrons. The molecule has 0 radical (unpaired) electrons. The lowest BCUT2D eigenvalue weighted by molar-refractivity contribution is 0.0685. The number of fused-ring (bicyclic) bond motifs is 2. The Kier molecular flexibility index (Phi) is 7.69. The number of rotatable bonds is 10. The summed E-state index contributed by atoms with van der Waals surface area (Å²) in [6, 6.07) is 26.3. The van der Waals surface area contributed by atoms with Crippen LogP contribution >= 0.6 is 0 Å². The highest BCUT2D eigenvalue weighted by molar-refractivity contribution is 6.04. The molecule has 3 aromatic heterocycles. The summed E-state index contributed by atoms with van der Waals surface area (Å²) in [6.45, 7) is 5.09. The molecule has 0 unspecified atom stereocenters. The molecule has 0 aliphatic carbocycles. The van der Waals surface area contributed by atoms with E-state index >= 15 is 0 Å². The number of carboxylic acids is 1. The van der Waals surface area contributed by atoms with Gasteiger partial charge < -0.3 is 14.4 Å². The van der Waals surface area contributed by atoms with Gasteiger partial charge in [-0.3, -0.25) is 9.97 Å². The first-order chi connectivity index (χ1) is 20.6. The van der Waals surface area contributed by atoms with Crippen molar-refractivity contribution in [2.75, 3.05) is 6.61 Å². The zero-order valence-corrected chi connectivity index (χ0v) is 23.9. The standard InChI is InChI=1S/C36H33N3O3/c1-3-31-33(24(2)16-21-38-31)30-13-7-12-28-29(14-8-22-42-32-15-6-10-26-9-4-5-11-27(26)32)35(36(40)41)39(34(28)30)23-25-17-19-37-20-18-25/h4-7,9-13,15-21H,3,8,14,22-23H2,1-2H3,(H,40,41). The molecule has 42 heavy (non-hydrogen) atoms. The fourth-order valence-electron chi connectivity index (χ4n) is 6.01.